The van der Waals surface area contributed by atoms with E-state index in [1.165, 1.54) is 12.1 Å². The number of hydrogen-bond acceptors (Lipinski definition) is 7. The number of nitrogens with zero attached hydrogens (tertiary/aromatic N) is 2. The number of aromatic amines is 1. The molecule has 0 atom stereocenters. The molecule has 0 aliphatic heterocycles. The molecule has 158 valence electrons. The molecule has 11 heteroatoms. The largest absolute Gasteiger partial charge is 0.375 e. The van der Waals surface area contributed by atoms with Crippen molar-refractivity contribution in [2.45, 2.75) is 17.9 Å². The van der Waals surface area contributed by atoms with Gasteiger partial charge in [-0.3, -0.25) is 5.10 Å². The Morgan fingerprint density at radius 2 is 1.73 bits per heavy atom. The number of H-pyrrole nitrogens is 1. The van der Waals surface area contributed by atoms with Gasteiger partial charge in [0.05, 0.1) is 23.8 Å². The van der Waals surface area contributed by atoms with E-state index < -0.39 is 15.1 Å². The third-order valence-electron chi connectivity index (χ3n) is 4.24. The van der Waals surface area contributed by atoms with Crippen molar-refractivity contribution in [2.75, 3.05) is 13.2 Å². The van der Waals surface area contributed by atoms with E-state index in [0.717, 1.165) is 16.7 Å². The van der Waals surface area contributed by atoms with Gasteiger partial charge in [-0.1, -0.05) is 42.5 Å². The summed E-state index contributed by atoms with van der Waals surface area (Å²) in [6, 6.07) is 15.7. The lowest BCUT2D eigenvalue weighted by Crippen LogP contribution is -2.11. The molecular weight excluding hydrogens is 412 g/mol. The molecule has 0 aliphatic rings. The van der Waals surface area contributed by atoms with E-state index in [1.54, 1.807) is 12.1 Å². The number of nitrogens with two attached hydrogens (primary N) is 1. The fraction of sp³-hybridized carbons (Fsp3) is 0.211. The summed E-state index contributed by atoms with van der Waals surface area (Å²) in [6.07, 6.45) is 0.360. The van der Waals surface area contributed by atoms with Crippen molar-refractivity contribution in [3.8, 4) is 22.4 Å². The quantitative estimate of drug-likeness (QED) is 0.284. The highest BCUT2D eigenvalue weighted by Gasteiger charge is 2.18. The predicted molar refractivity (Wildman–Crippen MR) is 108 cm³/mol. The molecule has 3 N–H and O–H groups in total. The molecule has 0 saturated heterocycles. The number of primary sulfonamides is 1. The molecule has 0 saturated carbocycles. The molecular formula is C19H20N4O6S. The van der Waals surface area contributed by atoms with Crippen LogP contribution >= 0.6 is 0 Å². The number of ether oxygens (including phenoxy) is 1. The fourth-order valence-corrected chi connectivity index (χ4v) is 3.40. The van der Waals surface area contributed by atoms with Crippen molar-refractivity contribution in [3.63, 3.8) is 0 Å². The lowest BCUT2D eigenvalue weighted by atomic mass is 9.99. The highest BCUT2D eigenvalue weighted by Crippen LogP contribution is 2.34. The second kappa shape index (κ2) is 9.48. The van der Waals surface area contributed by atoms with Gasteiger partial charge in [0, 0.05) is 17.7 Å². The molecule has 3 rings (SSSR count). The monoisotopic (exact) mass is 432 g/mol. The van der Waals surface area contributed by atoms with E-state index in [4.69, 9.17) is 9.88 Å². The maximum absolute atomic E-state index is 11.5. The van der Waals surface area contributed by atoms with Crippen molar-refractivity contribution in [1.29, 1.82) is 0 Å². The van der Waals surface area contributed by atoms with Crippen molar-refractivity contribution in [1.82, 2.24) is 10.2 Å². The Balaban J connectivity index is 1.85. The van der Waals surface area contributed by atoms with Gasteiger partial charge in [0.15, 0.2) is 0 Å². The Morgan fingerprint density at radius 3 is 2.37 bits per heavy atom. The molecule has 0 bridgehead atoms. The van der Waals surface area contributed by atoms with E-state index in [2.05, 4.69) is 15.0 Å². The van der Waals surface area contributed by atoms with E-state index >= 15 is 0 Å². The van der Waals surface area contributed by atoms with Crippen LogP contribution in [0.2, 0.25) is 0 Å². The van der Waals surface area contributed by atoms with Crippen LogP contribution in [0.1, 0.15) is 12.1 Å². The number of hydrogen-bond donors (Lipinski definition) is 2. The van der Waals surface area contributed by atoms with Crippen molar-refractivity contribution in [3.05, 3.63) is 70.4 Å². The van der Waals surface area contributed by atoms with Crippen LogP contribution < -0.4 is 5.14 Å². The molecule has 30 heavy (non-hydrogen) atoms. The molecule has 0 amide bonds. The Hall–Kier alpha value is -3.28. The molecule has 10 nitrogen and oxygen atoms in total. The number of sulfonamides is 1. The number of aromatic nitrogens is 2. The molecule has 0 unspecified atom stereocenters. The summed E-state index contributed by atoms with van der Waals surface area (Å²) >= 11 is 0. The van der Waals surface area contributed by atoms with E-state index in [1.807, 2.05) is 30.3 Å². The van der Waals surface area contributed by atoms with Crippen LogP contribution in [-0.4, -0.2) is 36.9 Å². The zero-order valence-electron chi connectivity index (χ0n) is 15.9. The highest BCUT2D eigenvalue weighted by atomic mass is 32.2. The van der Waals surface area contributed by atoms with E-state index in [0.29, 0.717) is 17.8 Å². The van der Waals surface area contributed by atoms with Crippen LogP contribution in [-0.2, 0) is 26.2 Å². The van der Waals surface area contributed by atoms with Crippen LogP contribution in [0.4, 0.5) is 0 Å². The number of benzene rings is 2. The minimum Gasteiger partial charge on any atom is -0.375 e. The summed E-state index contributed by atoms with van der Waals surface area (Å²) in [6.45, 7) is 0.398. The maximum Gasteiger partial charge on any atom is 0.294 e. The summed E-state index contributed by atoms with van der Waals surface area (Å²) in [5.74, 6) is 0. The first kappa shape index (κ1) is 21.4. The highest BCUT2D eigenvalue weighted by molar-refractivity contribution is 7.89. The molecule has 0 aliphatic carbocycles. The number of rotatable bonds is 10. The third kappa shape index (κ3) is 5.41. The van der Waals surface area contributed by atoms with E-state index in [9.17, 15) is 18.5 Å². The predicted octanol–water partition coefficient (Wildman–Crippen LogP) is 2.51. The Labute approximate surface area is 172 Å². The third-order valence-corrected chi connectivity index (χ3v) is 5.17. The summed E-state index contributed by atoms with van der Waals surface area (Å²) in [5.41, 5.74) is 3.76. The zero-order valence-corrected chi connectivity index (χ0v) is 16.7. The Morgan fingerprint density at radius 1 is 1.03 bits per heavy atom. The minimum atomic E-state index is -3.80. The first-order valence-corrected chi connectivity index (χ1v) is 10.5. The molecule has 0 spiro atoms. The average molecular weight is 432 g/mol. The topological polar surface area (TPSA) is 150 Å². The second-order valence-electron chi connectivity index (χ2n) is 6.32. The fourth-order valence-electron chi connectivity index (χ4n) is 2.88. The molecule has 1 aromatic heterocycles. The molecule has 2 aromatic carbocycles. The first-order valence-electron chi connectivity index (χ1n) is 8.97. The van der Waals surface area contributed by atoms with Gasteiger partial charge in [-0.2, -0.15) is 5.10 Å². The summed E-state index contributed by atoms with van der Waals surface area (Å²) in [7, 11) is -3.80. The standard InChI is InChI=1S/C19H20N4O6S/c20-30(26,27)16-9-7-14(8-10-16)18-17(13-28-11-4-12-29-23(24)25)21-22-19(18)15-5-2-1-3-6-15/h1-3,5-10H,4,11-13H2,(H,21,22)(H2,20,26,27). The maximum atomic E-state index is 11.5. The second-order valence-corrected chi connectivity index (χ2v) is 7.89. The lowest BCUT2D eigenvalue weighted by Gasteiger charge is -2.09. The van der Waals surface area contributed by atoms with E-state index in [-0.39, 0.29) is 24.7 Å². The smallest absolute Gasteiger partial charge is 0.294 e. The summed E-state index contributed by atoms with van der Waals surface area (Å²) in [4.78, 5) is 14.4. The molecule has 0 fully saturated rings. The van der Waals surface area contributed by atoms with Crippen molar-refractivity contribution >= 4 is 10.0 Å². The van der Waals surface area contributed by atoms with Gasteiger partial charge in [-0.05, 0) is 24.1 Å². The summed E-state index contributed by atoms with van der Waals surface area (Å²) < 4.78 is 28.7. The molecule has 0 radical (unpaired) electrons. The van der Waals surface area contributed by atoms with Crippen molar-refractivity contribution in [2.24, 2.45) is 5.14 Å². The van der Waals surface area contributed by atoms with Crippen LogP contribution in [0.5, 0.6) is 0 Å². The van der Waals surface area contributed by atoms with Crippen LogP contribution in [0, 0.1) is 10.1 Å². The number of nitrogens with one attached hydrogen (secondary N) is 1. The first-order chi connectivity index (χ1) is 14.4. The van der Waals surface area contributed by atoms with Crippen molar-refractivity contribution < 1.29 is 23.1 Å². The van der Waals surface area contributed by atoms with Gasteiger partial charge < -0.3 is 9.57 Å². The van der Waals surface area contributed by atoms with Gasteiger partial charge in [0.1, 0.15) is 5.69 Å². The zero-order chi connectivity index (χ0) is 21.6. The molecule has 3 aromatic rings. The SMILES string of the molecule is NS(=O)(=O)c1ccc(-c2c(-c3ccccc3)n[nH]c2COCCCO[N+](=O)[O-])cc1. The van der Waals surface area contributed by atoms with Crippen LogP contribution in [0.15, 0.2) is 59.5 Å². The van der Waals surface area contributed by atoms with Gasteiger partial charge in [-0.15, -0.1) is 10.1 Å². The van der Waals surface area contributed by atoms with Crippen LogP contribution in [0.25, 0.3) is 22.4 Å². The van der Waals surface area contributed by atoms with Gasteiger partial charge in [-0.25, -0.2) is 13.6 Å². The Bertz CT molecular complexity index is 1100. The van der Waals surface area contributed by atoms with Gasteiger partial charge >= 0.3 is 0 Å². The Kier molecular flexibility index (Phi) is 6.77. The minimum absolute atomic E-state index is 0.0135. The normalized spacial score (nSPS) is 11.4. The average Bonchev–Trinajstić information content (AvgIpc) is 3.14. The van der Waals surface area contributed by atoms with Crippen LogP contribution in [0.3, 0.4) is 0 Å². The molecule has 1 heterocycles. The van der Waals surface area contributed by atoms with Gasteiger partial charge in [0.25, 0.3) is 5.09 Å². The lowest BCUT2D eigenvalue weighted by molar-refractivity contribution is -0.757. The summed E-state index contributed by atoms with van der Waals surface area (Å²) in [5, 5.41) is 21.9. The van der Waals surface area contributed by atoms with Gasteiger partial charge in [0.2, 0.25) is 10.0 Å².